The molecule has 0 unspecified atom stereocenters. The van der Waals surface area contributed by atoms with E-state index in [1.807, 2.05) is 0 Å². The molecule has 0 aliphatic rings. The van der Waals surface area contributed by atoms with Gasteiger partial charge < -0.3 is 11.1 Å². The smallest absolute Gasteiger partial charge is 0.288 e. The molecule has 0 fully saturated rings. The average Bonchev–Trinajstić information content (AvgIpc) is 2.44. The molecule has 0 saturated heterocycles. The van der Waals surface area contributed by atoms with Crippen molar-refractivity contribution in [3.8, 4) is 0 Å². The number of nitrogens with one attached hydrogen (secondary N) is 1. The predicted octanol–water partition coefficient (Wildman–Crippen LogP) is 2.79. The van der Waals surface area contributed by atoms with Gasteiger partial charge in [0.05, 0.1) is 10.5 Å². The van der Waals surface area contributed by atoms with E-state index in [-0.39, 0.29) is 17.1 Å². The summed E-state index contributed by atoms with van der Waals surface area (Å²) in [4.78, 5) is 25.9. The fraction of sp³-hybridized carbons (Fsp3) is 0.0769. The lowest BCUT2D eigenvalue weighted by atomic mass is 10.1. The lowest BCUT2D eigenvalue weighted by Gasteiger charge is -2.10. The first-order valence-electron chi connectivity index (χ1n) is 5.86. The molecule has 21 heavy (non-hydrogen) atoms. The third kappa shape index (κ3) is 3.09. The maximum Gasteiger partial charge on any atom is 0.288 e. The molecule has 1 aromatic carbocycles. The predicted molar refractivity (Wildman–Crippen MR) is 79.4 cm³/mol. The van der Waals surface area contributed by atoms with Crippen molar-refractivity contribution in [1.82, 2.24) is 4.98 Å². The summed E-state index contributed by atoms with van der Waals surface area (Å²) in [5, 5.41) is 13.8. The number of carbonyl (C=O) groups excluding carboxylic acids is 1. The Kier molecular flexibility index (Phi) is 4.04. The molecular weight excluding hydrogens is 296 g/mol. The number of anilines is 2. The standard InChI is InChI=1S/C13H11ClN4O3/c1-7-10(14)3-2-4-11(7)17-13(19)9-5-8(18(20)21)6-16-12(9)15/h2-6H,1H3,(H2,15,16)(H,17,19). The molecule has 1 amide bonds. The molecular formula is C13H11ClN4O3. The molecule has 1 aromatic heterocycles. The van der Waals surface area contributed by atoms with Gasteiger partial charge in [-0.3, -0.25) is 14.9 Å². The Balaban J connectivity index is 2.34. The first-order valence-corrected chi connectivity index (χ1v) is 6.24. The second-order valence-electron chi connectivity index (χ2n) is 4.25. The second-order valence-corrected chi connectivity index (χ2v) is 4.66. The van der Waals surface area contributed by atoms with Gasteiger partial charge in [0.15, 0.2) is 0 Å². The minimum Gasteiger partial charge on any atom is -0.383 e. The van der Waals surface area contributed by atoms with E-state index in [1.165, 1.54) is 0 Å². The maximum atomic E-state index is 12.2. The van der Waals surface area contributed by atoms with Crippen molar-refractivity contribution >= 4 is 34.7 Å². The summed E-state index contributed by atoms with van der Waals surface area (Å²) in [5.74, 6) is -0.674. The number of pyridine rings is 1. The Morgan fingerprint density at radius 3 is 2.86 bits per heavy atom. The number of benzene rings is 1. The van der Waals surface area contributed by atoms with Crippen LogP contribution in [0, 0.1) is 17.0 Å². The van der Waals surface area contributed by atoms with Crippen LogP contribution in [0.3, 0.4) is 0 Å². The van der Waals surface area contributed by atoms with E-state index < -0.39 is 10.8 Å². The molecule has 8 heteroatoms. The summed E-state index contributed by atoms with van der Waals surface area (Å²) in [6.45, 7) is 1.74. The van der Waals surface area contributed by atoms with Crippen LogP contribution in [-0.2, 0) is 0 Å². The summed E-state index contributed by atoms with van der Waals surface area (Å²) in [5.41, 5.74) is 6.40. The van der Waals surface area contributed by atoms with Crippen molar-refractivity contribution in [3.05, 3.63) is 56.7 Å². The number of carbonyl (C=O) groups is 1. The van der Waals surface area contributed by atoms with Crippen molar-refractivity contribution in [2.24, 2.45) is 0 Å². The van der Waals surface area contributed by atoms with Gasteiger partial charge in [0.1, 0.15) is 12.0 Å². The van der Waals surface area contributed by atoms with Crippen LogP contribution < -0.4 is 11.1 Å². The van der Waals surface area contributed by atoms with Crippen molar-refractivity contribution in [3.63, 3.8) is 0 Å². The summed E-state index contributed by atoms with van der Waals surface area (Å²) in [7, 11) is 0. The van der Waals surface area contributed by atoms with E-state index in [0.29, 0.717) is 16.3 Å². The number of amides is 1. The third-order valence-electron chi connectivity index (χ3n) is 2.88. The number of nitrogens with two attached hydrogens (primary N) is 1. The average molecular weight is 307 g/mol. The van der Waals surface area contributed by atoms with Gasteiger partial charge in [0.2, 0.25) is 0 Å². The topological polar surface area (TPSA) is 111 Å². The summed E-state index contributed by atoms with van der Waals surface area (Å²) >= 11 is 5.96. The highest BCUT2D eigenvalue weighted by atomic mass is 35.5. The van der Waals surface area contributed by atoms with Crippen molar-refractivity contribution in [2.75, 3.05) is 11.1 Å². The molecule has 0 atom stereocenters. The Bertz CT molecular complexity index is 733. The first-order chi connectivity index (χ1) is 9.90. The number of nitro groups is 1. The van der Waals surface area contributed by atoms with Crippen molar-refractivity contribution in [1.29, 1.82) is 0 Å². The fourth-order valence-electron chi connectivity index (χ4n) is 1.68. The molecule has 7 nitrogen and oxygen atoms in total. The molecule has 0 spiro atoms. The van der Waals surface area contributed by atoms with Gasteiger partial charge in [-0.25, -0.2) is 4.98 Å². The highest BCUT2D eigenvalue weighted by Gasteiger charge is 2.17. The Labute approximate surface area is 124 Å². The summed E-state index contributed by atoms with van der Waals surface area (Å²) in [6, 6.07) is 6.12. The first kappa shape index (κ1) is 14.7. The summed E-state index contributed by atoms with van der Waals surface area (Å²) < 4.78 is 0. The van der Waals surface area contributed by atoms with Gasteiger partial charge in [0.25, 0.3) is 11.6 Å². The van der Waals surface area contributed by atoms with Crippen LogP contribution >= 0.6 is 11.6 Å². The molecule has 108 valence electrons. The SMILES string of the molecule is Cc1c(Cl)cccc1NC(=O)c1cc([N+](=O)[O-])cnc1N. The van der Waals surface area contributed by atoms with E-state index in [0.717, 1.165) is 12.3 Å². The maximum absolute atomic E-state index is 12.2. The number of halogens is 1. The lowest BCUT2D eigenvalue weighted by Crippen LogP contribution is -2.16. The van der Waals surface area contributed by atoms with Gasteiger partial charge in [-0.1, -0.05) is 17.7 Å². The number of hydrogen-bond acceptors (Lipinski definition) is 5. The van der Waals surface area contributed by atoms with Crippen LogP contribution in [0.5, 0.6) is 0 Å². The highest BCUT2D eigenvalue weighted by Crippen LogP contribution is 2.24. The van der Waals surface area contributed by atoms with E-state index in [9.17, 15) is 14.9 Å². The molecule has 0 aliphatic heterocycles. The zero-order valence-corrected chi connectivity index (χ0v) is 11.7. The van der Waals surface area contributed by atoms with Crippen LogP contribution in [-0.4, -0.2) is 15.8 Å². The quantitative estimate of drug-likeness (QED) is 0.669. The molecule has 0 radical (unpaired) electrons. The summed E-state index contributed by atoms with van der Waals surface area (Å²) in [6.07, 6.45) is 0.997. The van der Waals surface area contributed by atoms with Gasteiger partial charge in [-0.15, -0.1) is 0 Å². The largest absolute Gasteiger partial charge is 0.383 e. The Morgan fingerprint density at radius 1 is 1.48 bits per heavy atom. The van der Waals surface area contributed by atoms with Gasteiger partial charge in [-0.2, -0.15) is 0 Å². The molecule has 0 saturated carbocycles. The number of nitrogen functional groups attached to an aromatic ring is 1. The molecule has 3 N–H and O–H groups in total. The number of rotatable bonds is 3. The van der Waals surface area contributed by atoms with Gasteiger partial charge >= 0.3 is 0 Å². The molecule has 2 rings (SSSR count). The van der Waals surface area contributed by atoms with E-state index >= 15 is 0 Å². The van der Waals surface area contributed by atoms with Crippen molar-refractivity contribution < 1.29 is 9.72 Å². The Morgan fingerprint density at radius 2 is 2.19 bits per heavy atom. The number of hydrogen-bond donors (Lipinski definition) is 2. The minimum atomic E-state index is -0.645. The third-order valence-corrected chi connectivity index (χ3v) is 3.28. The monoisotopic (exact) mass is 306 g/mol. The molecule has 0 aliphatic carbocycles. The lowest BCUT2D eigenvalue weighted by molar-refractivity contribution is -0.385. The molecule has 1 heterocycles. The fourth-order valence-corrected chi connectivity index (χ4v) is 1.85. The zero-order chi connectivity index (χ0) is 15.6. The van der Waals surface area contributed by atoms with E-state index in [4.69, 9.17) is 17.3 Å². The van der Waals surface area contributed by atoms with Crippen LogP contribution in [0.15, 0.2) is 30.5 Å². The van der Waals surface area contributed by atoms with Crippen LogP contribution in [0.2, 0.25) is 5.02 Å². The molecule has 2 aromatic rings. The van der Waals surface area contributed by atoms with E-state index in [2.05, 4.69) is 10.3 Å². The number of nitrogens with zero attached hydrogens (tertiary/aromatic N) is 2. The normalized spacial score (nSPS) is 10.2. The van der Waals surface area contributed by atoms with Crippen LogP contribution in [0.1, 0.15) is 15.9 Å². The molecule has 0 bridgehead atoms. The van der Waals surface area contributed by atoms with E-state index in [1.54, 1.807) is 25.1 Å². The second kappa shape index (κ2) is 5.76. The minimum absolute atomic E-state index is 0.0661. The highest BCUT2D eigenvalue weighted by molar-refractivity contribution is 6.31. The number of aromatic nitrogens is 1. The van der Waals surface area contributed by atoms with Crippen LogP contribution in [0.25, 0.3) is 0 Å². The zero-order valence-electron chi connectivity index (χ0n) is 11.0. The van der Waals surface area contributed by atoms with Crippen molar-refractivity contribution in [2.45, 2.75) is 6.92 Å². The van der Waals surface area contributed by atoms with Gasteiger partial charge in [-0.05, 0) is 24.6 Å². The van der Waals surface area contributed by atoms with Crippen LogP contribution in [0.4, 0.5) is 17.2 Å². The van der Waals surface area contributed by atoms with Gasteiger partial charge in [0, 0.05) is 16.8 Å². The Hall–Kier alpha value is -2.67.